The third-order valence-corrected chi connectivity index (χ3v) is 6.40. The number of nitrogens with two attached hydrogens (primary N) is 2. The highest BCUT2D eigenvalue weighted by molar-refractivity contribution is 6.09. The van der Waals surface area contributed by atoms with Gasteiger partial charge in [0.1, 0.15) is 0 Å². The van der Waals surface area contributed by atoms with Crippen molar-refractivity contribution >= 4 is 33.9 Å². The third-order valence-electron chi connectivity index (χ3n) is 6.40. The number of ether oxygens (including phenoxy) is 1. The Balaban J connectivity index is 1.57. The molecule has 0 bridgehead atoms. The van der Waals surface area contributed by atoms with E-state index in [2.05, 4.69) is 39.3 Å². The minimum absolute atomic E-state index is 0.0961. The number of aryl methyl sites for hydroxylation is 1. The van der Waals surface area contributed by atoms with Crippen LogP contribution >= 0.6 is 0 Å². The number of carbonyl (C=O) groups is 1. The SMILES string of the molecule is CCc1ccc2cc(N)c(C(=O)Nc3cnccc3N3CC(C)C(NCOC)C(N)C3)nc2c1. The fraction of sp³-hybridized carbons (Fsp3) is 0.400. The quantitative estimate of drug-likeness (QED) is 0.393. The zero-order chi connectivity index (χ0) is 24.2. The van der Waals surface area contributed by atoms with Crippen LogP contribution in [0.4, 0.5) is 17.1 Å². The molecular weight excluding hydrogens is 430 g/mol. The van der Waals surface area contributed by atoms with Crippen LogP contribution in [-0.2, 0) is 11.2 Å². The van der Waals surface area contributed by atoms with Gasteiger partial charge in [-0.1, -0.05) is 26.0 Å². The highest BCUT2D eigenvalue weighted by Crippen LogP contribution is 2.30. The molecule has 6 N–H and O–H groups in total. The van der Waals surface area contributed by atoms with Crippen molar-refractivity contribution in [2.45, 2.75) is 32.4 Å². The van der Waals surface area contributed by atoms with E-state index in [1.807, 2.05) is 24.3 Å². The summed E-state index contributed by atoms with van der Waals surface area (Å²) in [5.74, 6) is -0.0919. The van der Waals surface area contributed by atoms with Gasteiger partial charge < -0.3 is 26.4 Å². The Kier molecular flexibility index (Phi) is 7.26. The van der Waals surface area contributed by atoms with Crippen molar-refractivity contribution in [1.82, 2.24) is 15.3 Å². The topological polar surface area (TPSA) is 131 Å². The first-order valence-corrected chi connectivity index (χ1v) is 11.6. The number of rotatable bonds is 7. The third kappa shape index (κ3) is 4.96. The molecule has 3 heterocycles. The Labute approximate surface area is 199 Å². The molecule has 1 aliphatic rings. The van der Waals surface area contributed by atoms with Crippen molar-refractivity contribution in [3.63, 3.8) is 0 Å². The molecule has 1 amide bonds. The van der Waals surface area contributed by atoms with E-state index in [1.54, 1.807) is 25.6 Å². The number of piperidine rings is 1. The predicted octanol–water partition coefficient (Wildman–Crippen LogP) is 2.37. The van der Waals surface area contributed by atoms with Crippen molar-refractivity contribution in [2.75, 3.05) is 42.9 Å². The lowest BCUT2D eigenvalue weighted by Gasteiger charge is -2.43. The van der Waals surface area contributed by atoms with Gasteiger partial charge in [0.2, 0.25) is 0 Å². The second kappa shape index (κ2) is 10.3. The van der Waals surface area contributed by atoms with E-state index in [9.17, 15) is 4.79 Å². The summed E-state index contributed by atoms with van der Waals surface area (Å²) in [6.45, 7) is 6.11. The van der Waals surface area contributed by atoms with Gasteiger partial charge in [0.25, 0.3) is 5.91 Å². The summed E-state index contributed by atoms with van der Waals surface area (Å²) in [5.41, 5.74) is 16.6. The Morgan fingerprint density at radius 3 is 2.82 bits per heavy atom. The normalized spacial score (nSPS) is 20.5. The van der Waals surface area contributed by atoms with Gasteiger partial charge in [-0.05, 0) is 36.1 Å². The zero-order valence-corrected chi connectivity index (χ0v) is 19.9. The number of hydrogen-bond donors (Lipinski definition) is 4. The molecule has 9 heteroatoms. The number of nitrogens with zero attached hydrogens (tertiary/aromatic N) is 3. The number of fused-ring (bicyclic) bond motifs is 1. The van der Waals surface area contributed by atoms with Crippen LogP contribution in [-0.4, -0.2) is 54.9 Å². The molecule has 180 valence electrons. The average molecular weight is 464 g/mol. The molecule has 1 fully saturated rings. The molecule has 4 rings (SSSR count). The molecule has 3 atom stereocenters. The first kappa shape index (κ1) is 23.9. The maximum absolute atomic E-state index is 13.2. The largest absolute Gasteiger partial charge is 0.397 e. The molecule has 0 aliphatic carbocycles. The average Bonchev–Trinajstić information content (AvgIpc) is 2.83. The van der Waals surface area contributed by atoms with Gasteiger partial charge in [-0.25, -0.2) is 4.98 Å². The molecule has 1 aliphatic heterocycles. The fourth-order valence-electron chi connectivity index (χ4n) is 4.63. The predicted molar refractivity (Wildman–Crippen MR) is 136 cm³/mol. The second-order valence-electron chi connectivity index (χ2n) is 8.86. The van der Waals surface area contributed by atoms with Crippen molar-refractivity contribution in [3.8, 4) is 0 Å². The monoisotopic (exact) mass is 463 g/mol. The Morgan fingerprint density at radius 1 is 1.26 bits per heavy atom. The summed E-state index contributed by atoms with van der Waals surface area (Å²) < 4.78 is 5.15. The second-order valence-corrected chi connectivity index (χ2v) is 8.86. The molecule has 0 radical (unpaired) electrons. The van der Waals surface area contributed by atoms with E-state index in [0.717, 1.165) is 35.1 Å². The number of amides is 1. The van der Waals surface area contributed by atoms with Gasteiger partial charge in [-0.3, -0.25) is 15.1 Å². The first-order valence-electron chi connectivity index (χ1n) is 11.6. The lowest BCUT2D eigenvalue weighted by Crippen LogP contribution is -2.61. The van der Waals surface area contributed by atoms with Gasteiger partial charge in [-0.2, -0.15) is 0 Å². The number of aromatic nitrogens is 2. The lowest BCUT2D eigenvalue weighted by molar-refractivity contribution is 0.102. The van der Waals surface area contributed by atoms with Gasteiger partial charge in [-0.15, -0.1) is 0 Å². The molecule has 34 heavy (non-hydrogen) atoms. The molecule has 9 nitrogen and oxygen atoms in total. The summed E-state index contributed by atoms with van der Waals surface area (Å²) in [5, 5.41) is 7.24. The summed E-state index contributed by atoms with van der Waals surface area (Å²) in [6, 6.07) is 9.75. The molecule has 3 unspecified atom stereocenters. The lowest BCUT2D eigenvalue weighted by atomic mass is 9.90. The van der Waals surface area contributed by atoms with Gasteiger partial charge in [0, 0.05) is 43.9 Å². The first-order chi connectivity index (χ1) is 16.4. The van der Waals surface area contributed by atoms with Gasteiger partial charge in [0.05, 0.1) is 35.5 Å². The van der Waals surface area contributed by atoms with Crippen LogP contribution in [0.1, 0.15) is 29.9 Å². The van der Waals surface area contributed by atoms with Crippen LogP contribution in [0.15, 0.2) is 42.7 Å². The molecular formula is C25H33N7O2. The Hall–Kier alpha value is -3.27. The number of benzene rings is 1. The molecule has 3 aromatic rings. The minimum atomic E-state index is -0.371. The van der Waals surface area contributed by atoms with Crippen molar-refractivity contribution in [2.24, 2.45) is 11.7 Å². The number of methoxy groups -OCH3 is 1. The number of nitrogens with one attached hydrogen (secondary N) is 2. The van der Waals surface area contributed by atoms with Crippen molar-refractivity contribution in [3.05, 3.63) is 54.0 Å². The maximum atomic E-state index is 13.2. The van der Waals surface area contributed by atoms with E-state index in [1.165, 1.54) is 0 Å². The number of anilines is 3. The molecule has 0 spiro atoms. The minimum Gasteiger partial charge on any atom is -0.397 e. The highest BCUT2D eigenvalue weighted by Gasteiger charge is 2.33. The summed E-state index contributed by atoms with van der Waals surface area (Å²) in [6.07, 6.45) is 4.25. The highest BCUT2D eigenvalue weighted by atomic mass is 16.5. The van der Waals surface area contributed by atoms with E-state index in [0.29, 0.717) is 24.7 Å². The fourth-order valence-corrected chi connectivity index (χ4v) is 4.63. The van der Waals surface area contributed by atoms with Crippen LogP contribution in [0.3, 0.4) is 0 Å². The summed E-state index contributed by atoms with van der Waals surface area (Å²) in [4.78, 5) is 24.2. The molecule has 1 aromatic carbocycles. The summed E-state index contributed by atoms with van der Waals surface area (Å²) >= 11 is 0. The standard InChI is InChI=1S/C25H33N7O2/c1-4-16-5-6-17-10-18(26)24(30-20(17)9-16)25(33)31-21-11-28-8-7-22(21)32-12-15(2)23(19(27)13-32)29-14-34-3/h5-11,15,19,23,29H,4,12-14,26-27H2,1-3H3,(H,31,33). The maximum Gasteiger partial charge on any atom is 0.276 e. The number of hydrogen-bond acceptors (Lipinski definition) is 8. The number of nitrogen functional groups attached to an aromatic ring is 1. The molecule has 1 saturated heterocycles. The van der Waals surface area contributed by atoms with Crippen molar-refractivity contribution < 1.29 is 9.53 Å². The van der Waals surface area contributed by atoms with Gasteiger partial charge >= 0.3 is 0 Å². The van der Waals surface area contributed by atoms with E-state index in [4.69, 9.17) is 16.2 Å². The molecule has 2 aromatic heterocycles. The summed E-state index contributed by atoms with van der Waals surface area (Å²) in [7, 11) is 1.66. The van der Waals surface area contributed by atoms with Crippen molar-refractivity contribution in [1.29, 1.82) is 0 Å². The van der Waals surface area contributed by atoms with Gasteiger partial charge in [0.15, 0.2) is 5.69 Å². The smallest absolute Gasteiger partial charge is 0.276 e. The van der Waals surface area contributed by atoms with Crippen LogP contribution in [0.2, 0.25) is 0 Å². The van der Waals surface area contributed by atoms with E-state index < -0.39 is 0 Å². The zero-order valence-electron chi connectivity index (χ0n) is 19.9. The van der Waals surface area contributed by atoms with Crippen LogP contribution < -0.4 is 27.0 Å². The number of pyridine rings is 2. The Bertz CT molecular complexity index is 1160. The number of carbonyl (C=O) groups excluding carboxylic acids is 1. The Morgan fingerprint density at radius 2 is 2.09 bits per heavy atom. The van der Waals surface area contributed by atoms with E-state index >= 15 is 0 Å². The van der Waals surface area contributed by atoms with Crippen LogP contribution in [0, 0.1) is 5.92 Å². The van der Waals surface area contributed by atoms with Crippen LogP contribution in [0.5, 0.6) is 0 Å². The van der Waals surface area contributed by atoms with Crippen LogP contribution in [0.25, 0.3) is 10.9 Å². The molecule has 0 saturated carbocycles. The van der Waals surface area contributed by atoms with E-state index in [-0.39, 0.29) is 29.6 Å².